The molecule has 2 aromatic heterocycles. The molecule has 2 aromatic rings. The highest BCUT2D eigenvalue weighted by Gasteiger charge is 2.10. The summed E-state index contributed by atoms with van der Waals surface area (Å²) in [7, 11) is 0. The van der Waals surface area contributed by atoms with Crippen molar-refractivity contribution in [3.63, 3.8) is 0 Å². The van der Waals surface area contributed by atoms with Gasteiger partial charge in [-0.25, -0.2) is 9.97 Å². The number of carbonyl (C=O) groups excluding carboxylic acids is 1. The predicted octanol–water partition coefficient (Wildman–Crippen LogP) is 0.401. The number of primary amides is 1. The molecule has 0 aliphatic carbocycles. The number of nitrogens with one attached hydrogen (secondary N) is 1. The van der Waals surface area contributed by atoms with Crippen LogP contribution in [0.25, 0.3) is 11.0 Å². The number of aryl methyl sites for hydroxylation is 1. The van der Waals surface area contributed by atoms with Crippen LogP contribution in [0, 0.1) is 0 Å². The van der Waals surface area contributed by atoms with Gasteiger partial charge in [0, 0.05) is 18.8 Å². The van der Waals surface area contributed by atoms with Gasteiger partial charge < -0.3 is 10.7 Å². The molecule has 17 heavy (non-hydrogen) atoms. The fraction of sp³-hybridized carbons (Fsp3) is 0.200. The van der Waals surface area contributed by atoms with Gasteiger partial charge >= 0.3 is 0 Å². The molecule has 2 heterocycles. The van der Waals surface area contributed by atoms with Crippen LogP contribution in [0.4, 0.5) is 0 Å². The normalized spacial score (nSPS) is 9.94. The average Bonchev–Trinajstić information content (AvgIpc) is 2.28. The fourth-order valence-corrected chi connectivity index (χ4v) is 1.40. The Morgan fingerprint density at radius 2 is 2.24 bits per heavy atom. The molecule has 0 unspecified atom stereocenters. The minimum absolute atomic E-state index is 0. The summed E-state index contributed by atoms with van der Waals surface area (Å²) in [6, 6.07) is 0. The lowest BCUT2D eigenvalue weighted by Gasteiger charge is -2.00. The number of nitrogens with two attached hydrogens (primary N) is 1. The summed E-state index contributed by atoms with van der Waals surface area (Å²) in [6.45, 7) is 1.91. The number of rotatable bonds is 2. The van der Waals surface area contributed by atoms with Crippen molar-refractivity contribution in [2.24, 2.45) is 5.73 Å². The second-order valence-electron chi connectivity index (χ2n) is 3.30. The standard InChI is InChI=1S/C10H10N4O2.ClH/c1-2-7-12-4-6-8(15)5(9(11)16)3-13-10(6)14-7;/h3-4H,2H2,1H3,(H2,11,16)(H,12,13,14,15);1H. The van der Waals surface area contributed by atoms with Crippen LogP contribution in [0.3, 0.4) is 0 Å². The summed E-state index contributed by atoms with van der Waals surface area (Å²) in [4.78, 5) is 33.6. The van der Waals surface area contributed by atoms with Gasteiger partial charge in [-0.05, 0) is 0 Å². The lowest BCUT2D eigenvalue weighted by atomic mass is 10.2. The van der Waals surface area contributed by atoms with E-state index in [1.54, 1.807) is 0 Å². The number of carbonyl (C=O) groups is 1. The molecule has 6 nitrogen and oxygen atoms in total. The van der Waals surface area contributed by atoms with Crippen LogP contribution in [-0.2, 0) is 6.42 Å². The molecule has 0 radical (unpaired) electrons. The van der Waals surface area contributed by atoms with E-state index in [-0.39, 0.29) is 23.4 Å². The molecule has 0 bridgehead atoms. The van der Waals surface area contributed by atoms with Gasteiger partial charge in [-0.15, -0.1) is 12.4 Å². The molecule has 90 valence electrons. The third-order valence-electron chi connectivity index (χ3n) is 2.26. The maximum atomic E-state index is 11.8. The number of aromatic nitrogens is 3. The Labute approximate surface area is 103 Å². The fourth-order valence-electron chi connectivity index (χ4n) is 1.40. The summed E-state index contributed by atoms with van der Waals surface area (Å²) >= 11 is 0. The summed E-state index contributed by atoms with van der Waals surface area (Å²) in [5.74, 6) is -0.127. The van der Waals surface area contributed by atoms with Crippen LogP contribution < -0.4 is 11.2 Å². The zero-order valence-corrected chi connectivity index (χ0v) is 9.87. The van der Waals surface area contributed by atoms with E-state index in [2.05, 4.69) is 15.0 Å². The Hall–Kier alpha value is -1.95. The molecular weight excluding hydrogens is 244 g/mol. The number of amides is 1. The van der Waals surface area contributed by atoms with Gasteiger partial charge in [0.05, 0.1) is 5.39 Å². The largest absolute Gasteiger partial charge is 0.365 e. The van der Waals surface area contributed by atoms with Crippen molar-refractivity contribution < 1.29 is 4.79 Å². The molecule has 3 N–H and O–H groups in total. The van der Waals surface area contributed by atoms with E-state index in [0.717, 1.165) is 0 Å². The first-order chi connectivity index (χ1) is 7.63. The number of hydrogen-bond donors (Lipinski definition) is 2. The third kappa shape index (κ3) is 2.26. The topological polar surface area (TPSA) is 102 Å². The SMILES string of the molecule is CCc1ncc2c(=O)c(C(N)=O)c[nH]c2n1.Cl. The lowest BCUT2D eigenvalue weighted by Crippen LogP contribution is -2.22. The highest BCUT2D eigenvalue weighted by atomic mass is 35.5. The molecule has 0 aliphatic rings. The van der Waals surface area contributed by atoms with Crippen molar-refractivity contribution >= 4 is 29.3 Å². The van der Waals surface area contributed by atoms with E-state index in [1.165, 1.54) is 12.4 Å². The highest BCUT2D eigenvalue weighted by Crippen LogP contribution is 2.04. The molecule has 0 aromatic carbocycles. The zero-order valence-electron chi connectivity index (χ0n) is 9.06. The van der Waals surface area contributed by atoms with E-state index in [9.17, 15) is 9.59 Å². The first-order valence-electron chi connectivity index (χ1n) is 4.80. The highest BCUT2D eigenvalue weighted by molar-refractivity contribution is 5.95. The Morgan fingerprint density at radius 1 is 1.53 bits per heavy atom. The minimum atomic E-state index is -0.761. The van der Waals surface area contributed by atoms with Crippen LogP contribution in [0.5, 0.6) is 0 Å². The van der Waals surface area contributed by atoms with E-state index in [0.29, 0.717) is 17.9 Å². The van der Waals surface area contributed by atoms with E-state index >= 15 is 0 Å². The number of pyridine rings is 1. The molecule has 2 rings (SSSR count). The van der Waals surface area contributed by atoms with Gasteiger partial charge in [0.25, 0.3) is 5.91 Å². The van der Waals surface area contributed by atoms with Crippen molar-refractivity contribution in [3.8, 4) is 0 Å². The molecule has 0 aliphatic heterocycles. The monoisotopic (exact) mass is 254 g/mol. The van der Waals surface area contributed by atoms with Crippen molar-refractivity contribution in [1.29, 1.82) is 0 Å². The van der Waals surface area contributed by atoms with E-state index in [4.69, 9.17) is 5.73 Å². The molecule has 0 fully saturated rings. The number of nitrogens with zero attached hydrogens (tertiary/aromatic N) is 2. The van der Waals surface area contributed by atoms with Crippen molar-refractivity contribution in [2.75, 3.05) is 0 Å². The Kier molecular flexibility index (Phi) is 3.80. The number of aromatic amines is 1. The molecule has 7 heteroatoms. The molecule has 0 atom stereocenters. The van der Waals surface area contributed by atoms with E-state index in [1.807, 2.05) is 6.92 Å². The smallest absolute Gasteiger partial charge is 0.254 e. The van der Waals surface area contributed by atoms with Crippen LogP contribution in [0.2, 0.25) is 0 Å². The molecule has 0 spiro atoms. The summed E-state index contributed by atoms with van der Waals surface area (Å²) in [6.07, 6.45) is 3.36. The second kappa shape index (κ2) is 4.92. The maximum Gasteiger partial charge on any atom is 0.254 e. The number of H-pyrrole nitrogens is 1. The van der Waals surface area contributed by atoms with Crippen molar-refractivity contribution in [1.82, 2.24) is 15.0 Å². The van der Waals surface area contributed by atoms with Crippen LogP contribution in [0.1, 0.15) is 23.1 Å². The quantitative estimate of drug-likeness (QED) is 0.810. The Morgan fingerprint density at radius 3 is 2.82 bits per heavy atom. The number of fused-ring (bicyclic) bond motifs is 1. The Balaban J connectivity index is 0.00000144. The second-order valence-corrected chi connectivity index (χ2v) is 3.30. The molecule has 0 saturated carbocycles. The van der Waals surface area contributed by atoms with Crippen LogP contribution in [-0.4, -0.2) is 20.9 Å². The first-order valence-corrected chi connectivity index (χ1v) is 4.80. The number of halogens is 1. The van der Waals surface area contributed by atoms with Crippen molar-refractivity contribution in [3.05, 3.63) is 34.0 Å². The van der Waals surface area contributed by atoms with Gasteiger partial charge in [-0.1, -0.05) is 6.92 Å². The van der Waals surface area contributed by atoms with Gasteiger partial charge in [0.15, 0.2) is 0 Å². The summed E-state index contributed by atoms with van der Waals surface area (Å²) < 4.78 is 0. The third-order valence-corrected chi connectivity index (χ3v) is 2.26. The molecule has 1 amide bonds. The minimum Gasteiger partial charge on any atom is -0.365 e. The molecular formula is C10H11ClN4O2. The van der Waals surface area contributed by atoms with Gasteiger partial charge in [0.1, 0.15) is 17.0 Å². The van der Waals surface area contributed by atoms with E-state index < -0.39 is 11.3 Å². The summed E-state index contributed by atoms with van der Waals surface area (Å²) in [5.41, 5.74) is 4.96. The summed E-state index contributed by atoms with van der Waals surface area (Å²) in [5, 5.41) is 0.272. The van der Waals surface area contributed by atoms with Crippen molar-refractivity contribution in [2.45, 2.75) is 13.3 Å². The van der Waals surface area contributed by atoms with Gasteiger partial charge in [-0.2, -0.15) is 0 Å². The molecule has 0 saturated heterocycles. The number of hydrogen-bond acceptors (Lipinski definition) is 4. The lowest BCUT2D eigenvalue weighted by molar-refractivity contribution is 0.0999. The van der Waals surface area contributed by atoms with Crippen LogP contribution in [0.15, 0.2) is 17.2 Å². The van der Waals surface area contributed by atoms with Crippen LogP contribution >= 0.6 is 12.4 Å². The average molecular weight is 255 g/mol. The first kappa shape index (κ1) is 13.1. The van der Waals surface area contributed by atoms with Gasteiger partial charge in [-0.3, -0.25) is 9.59 Å². The van der Waals surface area contributed by atoms with Gasteiger partial charge in [0.2, 0.25) is 5.43 Å². The zero-order chi connectivity index (χ0) is 11.7. The predicted molar refractivity (Wildman–Crippen MR) is 65.3 cm³/mol. The maximum absolute atomic E-state index is 11.8. The Bertz CT molecular complexity index is 623.